The van der Waals surface area contributed by atoms with Gasteiger partial charge in [-0.15, -0.1) is 10.2 Å². The van der Waals surface area contributed by atoms with E-state index >= 15 is 0 Å². The maximum absolute atomic E-state index is 14.1. The van der Waals surface area contributed by atoms with Gasteiger partial charge in [0.15, 0.2) is 11.0 Å². The topological polar surface area (TPSA) is 51.0 Å². The zero-order valence-electron chi connectivity index (χ0n) is 16.2. The molecule has 1 amide bonds. The molecule has 1 heterocycles. The molecule has 1 aromatic carbocycles. The van der Waals surface area contributed by atoms with Crippen LogP contribution in [0.4, 0.5) is 4.39 Å². The third kappa shape index (κ3) is 4.34. The van der Waals surface area contributed by atoms with Gasteiger partial charge >= 0.3 is 0 Å². The average molecular weight is 391 g/mol. The molecule has 27 heavy (non-hydrogen) atoms. The van der Waals surface area contributed by atoms with Gasteiger partial charge in [0.05, 0.1) is 10.8 Å². The van der Waals surface area contributed by atoms with Crippen molar-refractivity contribution in [1.82, 2.24) is 19.7 Å². The lowest BCUT2D eigenvalue weighted by atomic mass is 9.94. The Labute approximate surface area is 164 Å². The Bertz CT molecular complexity index is 788. The van der Waals surface area contributed by atoms with E-state index in [1.807, 2.05) is 18.7 Å². The van der Waals surface area contributed by atoms with Crippen LogP contribution < -0.4 is 0 Å². The molecular formula is C20H27FN4OS. The van der Waals surface area contributed by atoms with E-state index in [4.69, 9.17) is 0 Å². The number of hydrogen-bond acceptors (Lipinski definition) is 4. The lowest BCUT2D eigenvalue weighted by Gasteiger charge is -2.35. The quantitative estimate of drug-likeness (QED) is 0.691. The largest absolute Gasteiger partial charge is 0.339 e. The fourth-order valence-corrected chi connectivity index (χ4v) is 4.61. The van der Waals surface area contributed by atoms with E-state index in [1.54, 1.807) is 29.8 Å². The van der Waals surface area contributed by atoms with Gasteiger partial charge in [-0.3, -0.25) is 4.79 Å². The Morgan fingerprint density at radius 3 is 2.67 bits per heavy atom. The monoisotopic (exact) mass is 390 g/mol. The number of hydrogen-bond donors (Lipinski definition) is 0. The summed E-state index contributed by atoms with van der Waals surface area (Å²) >= 11 is 1.38. The number of aromatic nitrogens is 3. The number of thioether (sulfide) groups is 1. The molecule has 1 saturated carbocycles. The fourth-order valence-electron chi connectivity index (χ4n) is 3.72. The van der Waals surface area contributed by atoms with Gasteiger partial charge in [0, 0.05) is 19.6 Å². The van der Waals surface area contributed by atoms with E-state index < -0.39 is 0 Å². The number of nitrogens with zero attached hydrogens (tertiary/aromatic N) is 4. The van der Waals surface area contributed by atoms with Crippen molar-refractivity contribution < 1.29 is 9.18 Å². The maximum Gasteiger partial charge on any atom is 0.236 e. The third-order valence-electron chi connectivity index (χ3n) is 5.22. The van der Waals surface area contributed by atoms with Crippen molar-refractivity contribution in [3.8, 4) is 11.4 Å². The molecule has 3 rings (SSSR count). The smallest absolute Gasteiger partial charge is 0.236 e. The molecule has 2 aromatic rings. The first-order valence-corrected chi connectivity index (χ1v) is 10.5. The minimum absolute atomic E-state index is 0.143. The van der Waals surface area contributed by atoms with Crippen LogP contribution in [-0.4, -0.2) is 43.4 Å². The molecule has 1 aliphatic rings. The van der Waals surface area contributed by atoms with Gasteiger partial charge in [-0.2, -0.15) is 0 Å². The van der Waals surface area contributed by atoms with Crippen molar-refractivity contribution in [2.45, 2.75) is 62.4 Å². The van der Waals surface area contributed by atoms with Gasteiger partial charge in [-0.25, -0.2) is 4.39 Å². The van der Waals surface area contributed by atoms with E-state index in [0.29, 0.717) is 22.6 Å². The van der Waals surface area contributed by atoms with E-state index in [-0.39, 0.29) is 17.0 Å². The van der Waals surface area contributed by atoms with E-state index in [1.165, 1.54) is 37.1 Å². The van der Waals surface area contributed by atoms with E-state index in [0.717, 1.165) is 19.4 Å². The minimum Gasteiger partial charge on any atom is -0.339 e. The molecule has 1 aliphatic carbocycles. The van der Waals surface area contributed by atoms with Gasteiger partial charge in [-0.05, 0) is 38.8 Å². The molecule has 0 bridgehead atoms. The highest BCUT2D eigenvalue weighted by Crippen LogP contribution is 2.29. The second-order valence-corrected chi connectivity index (χ2v) is 8.33. The summed E-state index contributed by atoms with van der Waals surface area (Å²) in [5.41, 5.74) is 0.413. The highest BCUT2D eigenvalue weighted by molar-refractivity contribution is 8.00. The van der Waals surface area contributed by atoms with Gasteiger partial charge in [0.2, 0.25) is 5.91 Å². The van der Waals surface area contributed by atoms with Crippen molar-refractivity contribution in [1.29, 1.82) is 0 Å². The normalized spacial score (nSPS) is 16.3. The Morgan fingerprint density at radius 1 is 1.30 bits per heavy atom. The first-order chi connectivity index (χ1) is 13.0. The number of carbonyl (C=O) groups is 1. The summed E-state index contributed by atoms with van der Waals surface area (Å²) in [5.74, 6) is 0.280. The molecule has 1 aromatic heterocycles. The molecule has 7 heteroatoms. The summed E-state index contributed by atoms with van der Waals surface area (Å²) in [6.45, 7) is 4.69. The van der Waals surface area contributed by atoms with Gasteiger partial charge in [0.25, 0.3) is 0 Å². The summed E-state index contributed by atoms with van der Waals surface area (Å²) in [4.78, 5) is 15.0. The summed E-state index contributed by atoms with van der Waals surface area (Å²) in [6, 6.07) is 6.87. The Hall–Kier alpha value is -1.89. The van der Waals surface area contributed by atoms with Gasteiger partial charge < -0.3 is 9.47 Å². The molecule has 0 unspecified atom stereocenters. The molecule has 146 valence electrons. The number of halogens is 1. The Kier molecular flexibility index (Phi) is 6.52. The van der Waals surface area contributed by atoms with Crippen LogP contribution in [0.25, 0.3) is 11.4 Å². The molecule has 0 N–H and O–H groups in total. The number of rotatable bonds is 6. The maximum atomic E-state index is 14.1. The van der Waals surface area contributed by atoms with E-state index in [2.05, 4.69) is 10.2 Å². The predicted octanol–water partition coefficient (Wildman–Crippen LogP) is 4.28. The lowest BCUT2D eigenvalue weighted by molar-refractivity contribution is -0.133. The molecule has 5 nitrogen and oxygen atoms in total. The van der Waals surface area contributed by atoms with Crippen LogP contribution in [0.1, 0.15) is 46.0 Å². The minimum atomic E-state index is -0.330. The molecule has 0 radical (unpaired) electrons. The zero-order valence-corrected chi connectivity index (χ0v) is 17.0. The predicted molar refractivity (Wildman–Crippen MR) is 106 cm³/mol. The molecule has 0 spiro atoms. The van der Waals surface area contributed by atoms with Crippen molar-refractivity contribution in [3.05, 3.63) is 30.1 Å². The van der Waals surface area contributed by atoms with Crippen LogP contribution in [0, 0.1) is 5.82 Å². The summed E-state index contributed by atoms with van der Waals surface area (Å²) in [6.07, 6.45) is 5.86. The van der Waals surface area contributed by atoms with Gasteiger partial charge in [-0.1, -0.05) is 43.2 Å². The van der Waals surface area contributed by atoms with Crippen molar-refractivity contribution in [2.75, 3.05) is 6.54 Å². The van der Waals surface area contributed by atoms with Crippen molar-refractivity contribution in [3.63, 3.8) is 0 Å². The van der Waals surface area contributed by atoms with Crippen molar-refractivity contribution >= 4 is 17.7 Å². The van der Waals surface area contributed by atoms with E-state index in [9.17, 15) is 9.18 Å². The zero-order chi connectivity index (χ0) is 19.4. The molecule has 0 saturated heterocycles. The number of amides is 1. The highest BCUT2D eigenvalue weighted by Gasteiger charge is 2.29. The molecule has 1 fully saturated rings. The van der Waals surface area contributed by atoms with Gasteiger partial charge in [0.1, 0.15) is 5.82 Å². The Morgan fingerprint density at radius 2 is 2.00 bits per heavy atom. The van der Waals surface area contributed by atoms with Crippen LogP contribution in [0.15, 0.2) is 29.4 Å². The lowest BCUT2D eigenvalue weighted by Crippen LogP contribution is -2.44. The molecule has 1 atom stereocenters. The number of carbonyl (C=O) groups excluding carboxylic acids is 1. The van der Waals surface area contributed by atoms with Crippen LogP contribution >= 0.6 is 11.8 Å². The standard InChI is InChI=1S/C20H27FN4OS/c1-4-25(15-10-6-5-7-11-15)19(26)14(2)27-20-23-22-18(24(20)3)16-12-8-9-13-17(16)21/h8-9,12-15H,4-7,10-11H2,1-3H3/t14-/m0/s1. The first kappa shape index (κ1) is 19.9. The second kappa shape index (κ2) is 8.87. The summed E-state index contributed by atoms with van der Waals surface area (Å²) in [7, 11) is 1.81. The molecule has 0 aliphatic heterocycles. The SMILES string of the molecule is CCN(C(=O)[C@H](C)Sc1nnc(-c2ccccc2F)n1C)C1CCCCC1. The first-order valence-electron chi connectivity index (χ1n) is 9.64. The van der Waals surface area contributed by atoms with Crippen LogP contribution in [-0.2, 0) is 11.8 Å². The fraction of sp³-hybridized carbons (Fsp3) is 0.550. The average Bonchev–Trinajstić information content (AvgIpc) is 3.04. The van der Waals surface area contributed by atoms with Crippen LogP contribution in [0.3, 0.4) is 0 Å². The van der Waals surface area contributed by atoms with Crippen LogP contribution in [0.2, 0.25) is 0 Å². The highest BCUT2D eigenvalue weighted by atomic mass is 32.2. The van der Waals surface area contributed by atoms with Crippen molar-refractivity contribution in [2.24, 2.45) is 7.05 Å². The molecular weight excluding hydrogens is 363 g/mol. The van der Waals surface area contributed by atoms with Crippen LogP contribution in [0.5, 0.6) is 0 Å². The number of benzene rings is 1. The second-order valence-electron chi connectivity index (χ2n) is 7.02. The Balaban J connectivity index is 1.73. The summed E-state index contributed by atoms with van der Waals surface area (Å²) < 4.78 is 15.8. The third-order valence-corrected chi connectivity index (χ3v) is 6.34. The summed E-state index contributed by atoms with van der Waals surface area (Å²) in [5, 5.41) is 8.69.